The molecule has 0 aromatic heterocycles. The number of hydrogen-bond donors (Lipinski definition) is 2. The average molecular weight is 580 g/mol. The van der Waals surface area contributed by atoms with Crippen molar-refractivity contribution < 1.29 is 32.1 Å². The highest BCUT2D eigenvalue weighted by molar-refractivity contribution is 7.70. The van der Waals surface area contributed by atoms with Crippen LogP contribution < -0.4 is 20.8 Å². The van der Waals surface area contributed by atoms with Gasteiger partial charge in [-0.1, -0.05) is 35.9 Å². The molecule has 0 spiro atoms. The number of carbonyl (C=O) groups excluding carboxylic acids is 2. The quantitative estimate of drug-likeness (QED) is 0.356. The Bertz CT molecular complexity index is 1480. The molecule has 7 nitrogen and oxygen atoms in total. The average Bonchev–Trinajstić information content (AvgIpc) is 3.16. The fraction of sp³-hybridized carbons (Fsp3) is 0.259. The molecular formula is C27H26ClF3N3O4P. The van der Waals surface area contributed by atoms with Gasteiger partial charge in [-0.3, -0.25) is 4.79 Å². The number of benzene rings is 3. The fourth-order valence-electron chi connectivity index (χ4n) is 4.61. The Balaban J connectivity index is 1.62. The predicted octanol–water partition coefficient (Wildman–Crippen LogP) is 5.61. The standard InChI is InChI=1S/C27H26ClF3N3O4P/c1-38-14-16-13-21(33-27(36)32-20-10-8-15(28)12-19(20)29)26(35)34(16)22-11-9-18(24(30)25(22)31)17-6-4-5-7-23(17)39(2,3)37/h4-12,16,21H,13-14H2,1-3H3,(H2,32,33,36)/t16?,21-/m1/s1. The summed E-state index contributed by atoms with van der Waals surface area (Å²) in [5.74, 6) is -3.94. The molecule has 0 bridgehead atoms. The number of carbonyl (C=O) groups is 2. The number of rotatable bonds is 7. The summed E-state index contributed by atoms with van der Waals surface area (Å²) in [5.41, 5.74) is -0.281. The summed E-state index contributed by atoms with van der Waals surface area (Å²) in [5, 5.41) is 5.31. The summed E-state index contributed by atoms with van der Waals surface area (Å²) < 4.78 is 63.0. The van der Waals surface area contributed by atoms with Gasteiger partial charge in [0.25, 0.3) is 0 Å². The van der Waals surface area contributed by atoms with Crippen LogP contribution in [0.5, 0.6) is 0 Å². The smallest absolute Gasteiger partial charge is 0.319 e. The maximum atomic E-state index is 15.5. The molecule has 3 amide bonds. The normalized spacial score (nSPS) is 17.4. The molecule has 1 saturated heterocycles. The van der Waals surface area contributed by atoms with E-state index in [2.05, 4.69) is 10.6 Å². The number of methoxy groups -OCH3 is 1. The van der Waals surface area contributed by atoms with Crippen molar-refractivity contribution in [1.82, 2.24) is 5.32 Å². The van der Waals surface area contributed by atoms with Crippen LogP contribution in [0.15, 0.2) is 54.6 Å². The number of halogens is 4. The zero-order valence-electron chi connectivity index (χ0n) is 21.3. The van der Waals surface area contributed by atoms with E-state index in [0.29, 0.717) is 10.9 Å². The second-order valence-electron chi connectivity index (χ2n) is 9.46. The third kappa shape index (κ3) is 5.98. The zero-order valence-corrected chi connectivity index (χ0v) is 23.0. The molecule has 2 N–H and O–H groups in total. The van der Waals surface area contributed by atoms with Crippen molar-refractivity contribution in [3.05, 3.63) is 77.1 Å². The molecule has 1 aliphatic rings. The summed E-state index contributed by atoms with van der Waals surface area (Å²) in [7, 11) is -1.42. The van der Waals surface area contributed by atoms with Crippen LogP contribution >= 0.6 is 18.7 Å². The first kappa shape index (κ1) is 28.7. The van der Waals surface area contributed by atoms with Crippen LogP contribution in [0.2, 0.25) is 5.02 Å². The van der Waals surface area contributed by atoms with E-state index in [1.54, 1.807) is 24.3 Å². The lowest BCUT2D eigenvalue weighted by atomic mass is 10.0. The number of ether oxygens (including phenoxy) is 1. The molecule has 3 aromatic rings. The Hall–Kier alpha value is -3.33. The van der Waals surface area contributed by atoms with Gasteiger partial charge in [0.05, 0.1) is 24.0 Å². The first-order valence-corrected chi connectivity index (χ1v) is 14.9. The molecule has 4 rings (SSSR count). The highest BCUT2D eigenvalue weighted by Crippen LogP contribution is 2.41. The monoisotopic (exact) mass is 579 g/mol. The van der Waals surface area contributed by atoms with Crippen molar-refractivity contribution in [1.29, 1.82) is 0 Å². The summed E-state index contributed by atoms with van der Waals surface area (Å²) in [6, 6.07) is 10.0. The van der Waals surface area contributed by atoms with Crippen LogP contribution in [0.1, 0.15) is 6.42 Å². The molecule has 1 aliphatic heterocycles. The van der Waals surface area contributed by atoms with Crippen LogP contribution in [-0.4, -0.2) is 51.1 Å². The van der Waals surface area contributed by atoms with Crippen molar-refractivity contribution in [2.24, 2.45) is 0 Å². The first-order valence-electron chi connectivity index (χ1n) is 11.9. The van der Waals surface area contributed by atoms with Crippen LogP contribution in [-0.2, 0) is 14.1 Å². The van der Waals surface area contributed by atoms with Gasteiger partial charge in [0.1, 0.15) is 19.0 Å². The van der Waals surface area contributed by atoms with Crippen LogP contribution in [0.3, 0.4) is 0 Å². The molecule has 1 fully saturated rings. The van der Waals surface area contributed by atoms with Gasteiger partial charge in [-0.15, -0.1) is 0 Å². The van der Waals surface area contributed by atoms with Crippen molar-refractivity contribution in [2.45, 2.75) is 18.5 Å². The summed E-state index contributed by atoms with van der Waals surface area (Å²) in [6.45, 7) is 3.06. The SMILES string of the molecule is COCC1C[C@@H](NC(=O)Nc2ccc(Cl)cc2F)C(=O)N1c1ccc(-c2ccccc2P(C)(C)=O)c(F)c1F. The zero-order chi connectivity index (χ0) is 28.5. The highest BCUT2D eigenvalue weighted by atomic mass is 35.5. The topological polar surface area (TPSA) is 87.7 Å². The van der Waals surface area contributed by atoms with Gasteiger partial charge in [0, 0.05) is 23.0 Å². The third-order valence-corrected chi connectivity index (χ3v) is 8.13. The van der Waals surface area contributed by atoms with E-state index in [4.69, 9.17) is 16.3 Å². The molecule has 0 radical (unpaired) electrons. The Morgan fingerprint density at radius 3 is 2.46 bits per heavy atom. The summed E-state index contributed by atoms with van der Waals surface area (Å²) in [6.07, 6.45) is 0.0314. The van der Waals surface area contributed by atoms with Crippen molar-refractivity contribution in [3.63, 3.8) is 0 Å². The van der Waals surface area contributed by atoms with E-state index in [1.165, 1.54) is 44.7 Å². The van der Waals surface area contributed by atoms with Gasteiger partial charge < -0.3 is 24.8 Å². The van der Waals surface area contributed by atoms with Crippen molar-refractivity contribution in [2.75, 3.05) is 37.3 Å². The van der Waals surface area contributed by atoms with Crippen LogP contribution in [0.4, 0.5) is 29.3 Å². The van der Waals surface area contributed by atoms with Crippen LogP contribution in [0.25, 0.3) is 11.1 Å². The van der Waals surface area contributed by atoms with E-state index < -0.39 is 48.6 Å². The van der Waals surface area contributed by atoms with Gasteiger partial charge in [0.15, 0.2) is 11.6 Å². The molecule has 3 aromatic carbocycles. The molecule has 2 atom stereocenters. The Morgan fingerprint density at radius 1 is 1.08 bits per heavy atom. The van der Waals surface area contributed by atoms with E-state index in [0.717, 1.165) is 11.0 Å². The molecule has 206 valence electrons. The van der Waals surface area contributed by atoms with E-state index >= 15 is 8.78 Å². The minimum atomic E-state index is -2.82. The number of nitrogens with zero attached hydrogens (tertiary/aromatic N) is 1. The Labute approximate surface area is 228 Å². The largest absolute Gasteiger partial charge is 0.383 e. The van der Waals surface area contributed by atoms with Gasteiger partial charge in [-0.25, -0.2) is 18.0 Å². The molecule has 1 unspecified atom stereocenters. The molecular weight excluding hydrogens is 554 g/mol. The lowest BCUT2D eigenvalue weighted by Crippen LogP contribution is -2.44. The van der Waals surface area contributed by atoms with Gasteiger partial charge >= 0.3 is 6.03 Å². The van der Waals surface area contributed by atoms with Gasteiger partial charge in [-0.2, -0.15) is 0 Å². The third-order valence-electron chi connectivity index (χ3n) is 6.35. The minimum Gasteiger partial charge on any atom is -0.383 e. The molecule has 39 heavy (non-hydrogen) atoms. The Kier molecular flexibility index (Phi) is 8.39. The second-order valence-corrected chi connectivity index (χ2v) is 13.1. The highest BCUT2D eigenvalue weighted by Gasteiger charge is 2.43. The van der Waals surface area contributed by atoms with E-state index in [9.17, 15) is 18.5 Å². The molecule has 0 aliphatic carbocycles. The second kappa shape index (κ2) is 11.4. The van der Waals surface area contributed by atoms with Crippen molar-refractivity contribution >= 4 is 47.4 Å². The minimum absolute atomic E-state index is 0.0160. The predicted molar refractivity (Wildman–Crippen MR) is 146 cm³/mol. The van der Waals surface area contributed by atoms with Crippen molar-refractivity contribution in [3.8, 4) is 11.1 Å². The van der Waals surface area contributed by atoms with Gasteiger partial charge in [-0.05, 0) is 55.6 Å². The first-order chi connectivity index (χ1) is 18.4. The maximum absolute atomic E-state index is 15.5. The van der Waals surface area contributed by atoms with E-state index in [-0.39, 0.29) is 35.0 Å². The van der Waals surface area contributed by atoms with E-state index in [1.807, 2.05) is 0 Å². The summed E-state index contributed by atoms with van der Waals surface area (Å²) >= 11 is 5.73. The lowest BCUT2D eigenvalue weighted by Gasteiger charge is -2.25. The maximum Gasteiger partial charge on any atom is 0.319 e. The number of nitrogens with one attached hydrogen (secondary N) is 2. The number of hydrogen-bond acceptors (Lipinski definition) is 4. The number of urea groups is 1. The number of anilines is 2. The molecule has 12 heteroatoms. The summed E-state index contributed by atoms with van der Waals surface area (Å²) in [4.78, 5) is 26.9. The van der Waals surface area contributed by atoms with Gasteiger partial charge in [0.2, 0.25) is 5.91 Å². The number of amides is 3. The van der Waals surface area contributed by atoms with Crippen LogP contribution in [0, 0.1) is 17.5 Å². The molecule has 1 heterocycles. The molecule has 0 saturated carbocycles. The lowest BCUT2D eigenvalue weighted by molar-refractivity contribution is -0.118. The fourth-order valence-corrected chi connectivity index (χ4v) is 5.99. The Morgan fingerprint density at radius 2 is 1.79 bits per heavy atom.